The average molecular weight is 436 g/mol. The number of hydrogen-bond donors (Lipinski definition) is 1. The summed E-state index contributed by atoms with van der Waals surface area (Å²) in [4.78, 5) is 26.6. The van der Waals surface area contributed by atoms with Crippen molar-refractivity contribution in [3.05, 3.63) is 17.7 Å². The van der Waals surface area contributed by atoms with Crippen LogP contribution in [0.15, 0.2) is 17.0 Å². The van der Waals surface area contributed by atoms with Crippen molar-refractivity contribution in [2.24, 2.45) is 5.92 Å². The van der Waals surface area contributed by atoms with Gasteiger partial charge in [0.05, 0.1) is 10.6 Å². The lowest BCUT2D eigenvalue weighted by atomic mass is 9.88. The fraction of sp³-hybridized carbons (Fsp3) is 0.619. The van der Waals surface area contributed by atoms with Gasteiger partial charge in [-0.25, -0.2) is 8.42 Å². The highest BCUT2D eigenvalue weighted by molar-refractivity contribution is 7.89. The van der Waals surface area contributed by atoms with Gasteiger partial charge in [-0.1, -0.05) is 19.3 Å². The molecule has 0 bridgehead atoms. The number of fused-ring (bicyclic) bond motifs is 1. The molecule has 4 rings (SSSR count). The Balaban J connectivity index is 1.48. The Morgan fingerprint density at radius 1 is 1.10 bits per heavy atom. The van der Waals surface area contributed by atoms with E-state index in [4.69, 9.17) is 4.74 Å². The van der Waals surface area contributed by atoms with E-state index in [1.54, 1.807) is 19.9 Å². The predicted octanol–water partition coefficient (Wildman–Crippen LogP) is 2.13. The van der Waals surface area contributed by atoms with E-state index in [0.29, 0.717) is 30.1 Å². The van der Waals surface area contributed by atoms with Crippen molar-refractivity contribution in [1.29, 1.82) is 0 Å². The second kappa shape index (κ2) is 8.19. The largest absolute Gasteiger partial charge is 0.479 e. The number of amides is 2. The van der Waals surface area contributed by atoms with Crippen molar-refractivity contribution in [3.63, 3.8) is 0 Å². The van der Waals surface area contributed by atoms with Crippen LogP contribution in [0.2, 0.25) is 0 Å². The molecule has 3 aliphatic rings. The molecule has 1 saturated carbocycles. The summed E-state index contributed by atoms with van der Waals surface area (Å²) in [7, 11) is -3.73. The number of carbonyl (C=O) groups excluding carboxylic acids is 2. The Kier molecular flexibility index (Phi) is 5.76. The van der Waals surface area contributed by atoms with E-state index in [0.717, 1.165) is 25.7 Å². The summed E-state index contributed by atoms with van der Waals surface area (Å²) in [5, 5.41) is 2.74. The number of hydrogen-bond acceptors (Lipinski definition) is 5. The van der Waals surface area contributed by atoms with Crippen molar-refractivity contribution in [1.82, 2.24) is 9.21 Å². The third kappa shape index (κ3) is 3.92. The van der Waals surface area contributed by atoms with Crippen molar-refractivity contribution in [2.45, 2.75) is 57.0 Å². The van der Waals surface area contributed by atoms with Crippen LogP contribution < -0.4 is 10.1 Å². The lowest BCUT2D eigenvalue weighted by molar-refractivity contribution is -0.137. The molecule has 0 spiro atoms. The van der Waals surface area contributed by atoms with Crippen LogP contribution in [0, 0.1) is 12.8 Å². The van der Waals surface area contributed by atoms with Gasteiger partial charge in [0.2, 0.25) is 15.9 Å². The Morgan fingerprint density at radius 3 is 2.43 bits per heavy atom. The molecule has 0 aromatic heterocycles. The van der Waals surface area contributed by atoms with E-state index in [2.05, 4.69) is 5.32 Å². The SMILES string of the molecule is Cc1cc2c(cc1S(=O)(=O)N1CCN(C(=O)C3CCCCC3)CC1)OC(C)C(=O)N2. The van der Waals surface area contributed by atoms with Crippen LogP contribution in [-0.2, 0) is 19.6 Å². The normalized spacial score (nSPS) is 23.5. The Bertz CT molecular complexity index is 948. The molecule has 164 valence electrons. The number of nitrogens with zero attached hydrogens (tertiary/aromatic N) is 2. The molecule has 2 heterocycles. The lowest BCUT2D eigenvalue weighted by Gasteiger charge is -2.36. The van der Waals surface area contributed by atoms with E-state index < -0.39 is 16.1 Å². The van der Waals surface area contributed by atoms with E-state index >= 15 is 0 Å². The number of carbonyl (C=O) groups is 2. The summed E-state index contributed by atoms with van der Waals surface area (Å²) in [6, 6.07) is 3.13. The zero-order valence-electron chi connectivity index (χ0n) is 17.5. The zero-order chi connectivity index (χ0) is 21.5. The summed E-state index contributed by atoms with van der Waals surface area (Å²) in [6.45, 7) is 4.73. The van der Waals surface area contributed by atoms with Gasteiger partial charge in [-0.3, -0.25) is 9.59 Å². The summed E-state index contributed by atoms with van der Waals surface area (Å²) < 4.78 is 33.6. The molecule has 1 aromatic rings. The minimum absolute atomic E-state index is 0.0964. The Labute approximate surface area is 177 Å². The van der Waals surface area contributed by atoms with Gasteiger partial charge in [0.25, 0.3) is 5.91 Å². The van der Waals surface area contributed by atoms with Gasteiger partial charge in [0, 0.05) is 38.2 Å². The van der Waals surface area contributed by atoms with Crippen molar-refractivity contribution >= 4 is 27.5 Å². The molecule has 2 fully saturated rings. The molecule has 1 aromatic carbocycles. The van der Waals surface area contributed by atoms with E-state index in [1.807, 2.05) is 4.90 Å². The van der Waals surface area contributed by atoms with Gasteiger partial charge in [-0.15, -0.1) is 0 Å². The highest BCUT2D eigenvalue weighted by Gasteiger charge is 2.35. The minimum Gasteiger partial charge on any atom is -0.479 e. The second-order valence-electron chi connectivity index (χ2n) is 8.43. The Hall–Kier alpha value is -2.13. The molecular weight excluding hydrogens is 406 g/mol. The van der Waals surface area contributed by atoms with Crippen LogP contribution in [0.3, 0.4) is 0 Å². The van der Waals surface area contributed by atoms with Gasteiger partial charge in [0.15, 0.2) is 6.10 Å². The fourth-order valence-electron chi connectivity index (χ4n) is 4.52. The number of ether oxygens (including phenoxy) is 1. The number of rotatable bonds is 3. The van der Waals surface area contributed by atoms with E-state index in [1.165, 1.54) is 16.8 Å². The molecule has 8 nitrogen and oxygen atoms in total. The maximum absolute atomic E-state index is 13.3. The molecule has 2 aliphatic heterocycles. The first kappa shape index (κ1) is 21.1. The fourth-order valence-corrected chi connectivity index (χ4v) is 6.16. The van der Waals surface area contributed by atoms with Gasteiger partial charge in [-0.05, 0) is 38.3 Å². The number of sulfonamides is 1. The summed E-state index contributed by atoms with van der Waals surface area (Å²) in [6.07, 6.45) is 4.61. The van der Waals surface area contributed by atoms with Crippen LogP contribution in [0.1, 0.15) is 44.6 Å². The topological polar surface area (TPSA) is 96.0 Å². The van der Waals surface area contributed by atoms with Crippen LogP contribution in [0.5, 0.6) is 5.75 Å². The van der Waals surface area contributed by atoms with Gasteiger partial charge < -0.3 is 15.0 Å². The standard InChI is InChI=1S/C21H29N3O5S/c1-14-12-17-18(29-15(2)20(25)22-17)13-19(14)30(27,28)24-10-8-23(9-11-24)21(26)16-6-4-3-5-7-16/h12-13,15-16H,3-11H2,1-2H3,(H,22,25). The van der Waals surface area contributed by atoms with Crippen molar-refractivity contribution in [3.8, 4) is 5.75 Å². The first-order valence-corrected chi connectivity index (χ1v) is 12.1. The summed E-state index contributed by atoms with van der Waals surface area (Å²) in [5.74, 6) is 0.377. The molecule has 9 heteroatoms. The molecule has 1 atom stereocenters. The van der Waals surface area contributed by atoms with Crippen LogP contribution in [0.25, 0.3) is 0 Å². The number of benzene rings is 1. The average Bonchev–Trinajstić information content (AvgIpc) is 2.74. The van der Waals surface area contributed by atoms with Crippen LogP contribution in [-0.4, -0.2) is 61.7 Å². The Morgan fingerprint density at radius 2 is 1.77 bits per heavy atom. The molecular formula is C21H29N3O5S. The number of nitrogens with one attached hydrogen (secondary N) is 1. The van der Waals surface area contributed by atoms with Crippen LogP contribution in [0.4, 0.5) is 5.69 Å². The van der Waals surface area contributed by atoms with E-state index in [-0.39, 0.29) is 35.7 Å². The van der Waals surface area contributed by atoms with Gasteiger partial charge >= 0.3 is 0 Å². The maximum Gasteiger partial charge on any atom is 0.265 e. The predicted molar refractivity (Wildman–Crippen MR) is 112 cm³/mol. The molecule has 1 N–H and O–H groups in total. The third-order valence-electron chi connectivity index (χ3n) is 6.33. The molecule has 1 aliphatic carbocycles. The monoisotopic (exact) mass is 435 g/mol. The second-order valence-corrected chi connectivity index (χ2v) is 10.3. The first-order chi connectivity index (χ1) is 14.3. The van der Waals surface area contributed by atoms with Crippen molar-refractivity contribution < 1.29 is 22.7 Å². The molecule has 30 heavy (non-hydrogen) atoms. The minimum atomic E-state index is -3.73. The van der Waals surface area contributed by atoms with Crippen molar-refractivity contribution in [2.75, 3.05) is 31.5 Å². The smallest absolute Gasteiger partial charge is 0.265 e. The maximum atomic E-state index is 13.3. The van der Waals surface area contributed by atoms with Crippen LogP contribution >= 0.6 is 0 Å². The zero-order valence-corrected chi connectivity index (χ0v) is 18.3. The number of anilines is 1. The van der Waals surface area contributed by atoms with Gasteiger partial charge in [-0.2, -0.15) is 4.31 Å². The summed E-state index contributed by atoms with van der Waals surface area (Å²) >= 11 is 0. The molecule has 1 saturated heterocycles. The number of aryl methyl sites for hydroxylation is 1. The molecule has 0 radical (unpaired) electrons. The number of piperazine rings is 1. The molecule has 1 unspecified atom stereocenters. The van der Waals surface area contributed by atoms with E-state index in [9.17, 15) is 18.0 Å². The lowest BCUT2D eigenvalue weighted by Crippen LogP contribution is -2.52. The highest BCUT2D eigenvalue weighted by Crippen LogP contribution is 2.35. The van der Waals surface area contributed by atoms with Gasteiger partial charge in [0.1, 0.15) is 5.75 Å². The molecule has 2 amide bonds. The first-order valence-electron chi connectivity index (χ1n) is 10.7. The highest BCUT2D eigenvalue weighted by atomic mass is 32.2. The third-order valence-corrected chi connectivity index (χ3v) is 8.37. The quantitative estimate of drug-likeness (QED) is 0.785. The summed E-state index contributed by atoms with van der Waals surface area (Å²) in [5.41, 5.74) is 1.03.